The SMILES string of the molecule is Clc1ccc(OCc2ccccc2)c2[nH]ccc12. The molecule has 18 heavy (non-hydrogen) atoms. The molecule has 0 saturated heterocycles. The van der Waals surface area contributed by atoms with E-state index in [-0.39, 0.29) is 0 Å². The summed E-state index contributed by atoms with van der Waals surface area (Å²) in [5.41, 5.74) is 2.09. The first-order chi connectivity index (χ1) is 8.84. The summed E-state index contributed by atoms with van der Waals surface area (Å²) in [4.78, 5) is 3.16. The molecule has 0 atom stereocenters. The maximum Gasteiger partial charge on any atom is 0.143 e. The lowest BCUT2D eigenvalue weighted by Gasteiger charge is -2.08. The third-order valence-corrected chi connectivity index (χ3v) is 3.20. The second-order valence-corrected chi connectivity index (χ2v) is 4.49. The molecular formula is C15H12ClNO. The summed E-state index contributed by atoms with van der Waals surface area (Å²) in [6, 6.07) is 15.8. The molecule has 0 saturated carbocycles. The standard InChI is InChI=1S/C15H12ClNO/c16-13-6-7-14(15-12(13)8-9-17-15)18-10-11-4-2-1-3-5-11/h1-9,17H,10H2. The average Bonchev–Trinajstić information content (AvgIpc) is 2.90. The van der Waals surface area contributed by atoms with E-state index in [0.717, 1.165) is 27.2 Å². The number of aromatic nitrogens is 1. The van der Waals surface area contributed by atoms with Crippen molar-refractivity contribution in [3.8, 4) is 5.75 Å². The molecule has 0 aliphatic heterocycles. The van der Waals surface area contributed by atoms with E-state index in [4.69, 9.17) is 16.3 Å². The molecule has 2 aromatic carbocycles. The minimum Gasteiger partial charge on any atom is -0.487 e. The van der Waals surface area contributed by atoms with E-state index in [0.29, 0.717) is 6.61 Å². The van der Waals surface area contributed by atoms with Crippen molar-refractivity contribution >= 4 is 22.5 Å². The molecule has 1 aromatic heterocycles. The van der Waals surface area contributed by atoms with Gasteiger partial charge in [-0.1, -0.05) is 41.9 Å². The van der Waals surface area contributed by atoms with Crippen LogP contribution in [0.3, 0.4) is 0 Å². The third-order valence-electron chi connectivity index (χ3n) is 2.87. The van der Waals surface area contributed by atoms with Crippen LogP contribution in [-0.4, -0.2) is 4.98 Å². The van der Waals surface area contributed by atoms with Gasteiger partial charge in [0.1, 0.15) is 12.4 Å². The zero-order valence-corrected chi connectivity index (χ0v) is 10.4. The van der Waals surface area contributed by atoms with Crippen LogP contribution in [0.2, 0.25) is 5.02 Å². The Bertz CT molecular complexity index is 661. The fraction of sp³-hybridized carbons (Fsp3) is 0.0667. The van der Waals surface area contributed by atoms with Gasteiger partial charge >= 0.3 is 0 Å². The highest BCUT2D eigenvalue weighted by Crippen LogP contribution is 2.30. The average molecular weight is 258 g/mol. The molecule has 90 valence electrons. The number of rotatable bonds is 3. The van der Waals surface area contributed by atoms with Crippen molar-refractivity contribution in [2.45, 2.75) is 6.61 Å². The molecule has 0 radical (unpaired) electrons. The Labute approximate surface area is 110 Å². The molecule has 1 N–H and O–H groups in total. The van der Waals surface area contributed by atoms with Gasteiger partial charge < -0.3 is 9.72 Å². The summed E-state index contributed by atoms with van der Waals surface area (Å²) in [5.74, 6) is 0.822. The number of hydrogen-bond acceptors (Lipinski definition) is 1. The van der Waals surface area contributed by atoms with Crippen molar-refractivity contribution in [1.29, 1.82) is 0 Å². The molecule has 3 heteroatoms. The van der Waals surface area contributed by atoms with E-state index in [1.807, 2.05) is 54.7 Å². The molecule has 2 nitrogen and oxygen atoms in total. The number of fused-ring (bicyclic) bond motifs is 1. The van der Waals surface area contributed by atoms with Gasteiger partial charge in [0.15, 0.2) is 0 Å². The topological polar surface area (TPSA) is 25.0 Å². The van der Waals surface area contributed by atoms with Crippen LogP contribution in [0.25, 0.3) is 10.9 Å². The normalized spacial score (nSPS) is 10.7. The number of hydrogen-bond donors (Lipinski definition) is 1. The predicted octanol–water partition coefficient (Wildman–Crippen LogP) is 4.40. The maximum atomic E-state index is 6.11. The molecular weight excluding hydrogens is 246 g/mol. The minimum atomic E-state index is 0.552. The molecule has 1 heterocycles. The van der Waals surface area contributed by atoms with Gasteiger partial charge in [0.25, 0.3) is 0 Å². The van der Waals surface area contributed by atoms with Crippen LogP contribution < -0.4 is 4.74 Å². The summed E-state index contributed by atoms with van der Waals surface area (Å²) in [7, 11) is 0. The minimum absolute atomic E-state index is 0.552. The first-order valence-electron chi connectivity index (χ1n) is 5.77. The summed E-state index contributed by atoms with van der Waals surface area (Å²) in [6.45, 7) is 0.552. The van der Waals surface area contributed by atoms with Crippen LogP contribution in [0.15, 0.2) is 54.7 Å². The lowest BCUT2D eigenvalue weighted by Crippen LogP contribution is -1.95. The lowest BCUT2D eigenvalue weighted by atomic mass is 10.2. The summed E-state index contributed by atoms with van der Waals surface area (Å²) in [5, 5.41) is 1.72. The molecule has 0 bridgehead atoms. The van der Waals surface area contributed by atoms with E-state index < -0.39 is 0 Å². The fourth-order valence-corrected chi connectivity index (χ4v) is 2.17. The monoisotopic (exact) mass is 257 g/mol. The summed E-state index contributed by atoms with van der Waals surface area (Å²) < 4.78 is 5.83. The van der Waals surface area contributed by atoms with Gasteiger partial charge in [0.2, 0.25) is 0 Å². The summed E-state index contributed by atoms with van der Waals surface area (Å²) in [6.07, 6.45) is 1.87. The zero-order valence-electron chi connectivity index (χ0n) is 9.69. The number of ether oxygens (including phenoxy) is 1. The van der Waals surface area contributed by atoms with Crippen LogP contribution >= 0.6 is 11.6 Å². The zero-order chi connectivity index (χ0) is 12.4. The van der Waals surface area contributed by atoms with Crippen molar-refractivity contribution in [2.75, 3.05) is 0 Å². The predicted molar refractivity (Wildman–Crippen MR) is 74.1 cm³/mol. The van der Waals surface area contributed by atoms with Gasteiger partial charge in [-0.25, -0.2) is 0 Å². The van der Waals surface area contributed by atoms with Crippen molar-refractivity contribution in [2.24, 2.45) is 0 Å². The highest BCUT2D eigenvalue weighted by Gasteiger charge is 2.06. The van der Waals surface area contributed by atoms with Crippen LogP contribution in [-0.2, 0) is 6.61 Å². The van der Waals surface area contributed by atoms with Crippen molar-refractivity contribution < 1.29 is 4.74 Å². The molecule has 3 aromatic rings. The molecule has 0 unspecified atom stereocenters. The second-order valence-electron chi connectivity index (χ2n) is 4.09. The van der Waals surface area contributed by atoms with Crippen LogP contribution in [0, 0.1) is 0 Å². The lowest BCUT2D eigenvalue weighted by molar-refractivity contribution is 0.309. The Morgan fingerprint density at radius 3 is 2.67 bits per heavy atom. The second kappa shape index (κ2) is 4.75. The largest absolute Gasteiger partial charge is 0.487 e. The van der Waals surface area contributed by atoms with Gasteiger partial charge in [-0.15, -0.1) is 0 Å². The quantitative estimate of drug-likeness (QED) is 0.739. The van der Waals surface area contributed by atoms with E-state index in [1.54, 1.807) is 0 Å². The Balaban J connectivity index is 1.87. The van der Waals surface area contributed by atoms with E-state index in [1.165, 1.54) is 0 Å². The number of aromatic amines is 1. The number of benzene rings is 2. The molecule has 0 amide bonds. The summed E-state index contributed by atoms with van der Waals surface area (Å²) >= 11 is 6.11. The Kier molecular flexibility index (Phi) is 2.95. The van der Waals surface area contributed by atoms with Gasteiger partial charge in [-0.3, -0.25) is 0 Å². The third kappa shape index (κ3) is 2.07. The highest BCUT2D eigenvalue weighted by molar-refractivity contribution is 6.35. The van der Waals surface area contributed by atoms with Gasteiger partial charge in [-0.05, 0) is 23.8 Å². The van der Waals surface area contributed by atoms with Crippen molar-refractivity contribution in [3.05, 3.63) is 65.3 Å². The van der Waals surface area contributed by atoms with Gasteiger partial charge in [-0.2, -0.15) is 0 Å². The number of H-pyrrole nitrogens is 1. The Morgan fingerprint density at radius 1 is 1.00 bits per heavy atom. The van der Waals surface area contributed by atoms with Crippen molar-refractivity contribution in [3.63, 3.8) is 0 Å². The fourth-order valence-electron chi connectivity index (χ4n) is 1.95. The molecule has 0 aliphatic rings. The molecule has 3 rings (SSSR count). The molecule has 0 fully saturated rings. The van der Waals surface area contributed by atoms with Crippen LogP contribution in [0.4, 0.5) is 0 Å². The first-order valence-corrected chi connectivity index (χ1v) is 6.15. The van der Waals surface area contributed by atoms with E-state index >= 15 is 0 Å². The Morgan fingerprint density at radius 2 is 1.83 bits per heavy atom. The van der Waals surface area contributed by atoms with E-state index in [2.05, 4.69) is 4.98 Å². The maximum absolute atomic E-state index is 6.11. The highest BCUT2D eigenvalue weighted by atomic mass is 35.5. The molecule has 0 spiro atoms. The van der Waals surface area contributed by atoms with Gasteiger partial charge in [0.05, 0.1) is 10.5 Å². The number of nitrogens with one attached hydrogen (secondary N) is 1. The van der Waals surface area contributed by atoms with Gasteiger partial charge in [0, 0.05) is 11.6 Å². The smallest absolute Gasteiger partial charge is 0.143 e. The Hall–Kier alpha value is -1.93. The van der Waals surface area contributed by atoms with Crippen LogP contribution in [0.5, 0.6) is 5.75 Å². The van der Waals surface area contributed by atoms with E-state index in [9.17, 15) is 0 Å². The van der Waals surface area contributed by atoms with Crippen molar-refractivity contribution in [1.82, 2.24) is 4.98 Å². The van der Waals surface area contributed by atoms with Crippen LogP contribution in [0.1, 0.15) is 5.56 Å². The number of halogens is 1. The first kappa shape index (κ1) is 11.2. The molecule has 0 aliphatic carbocycles.